The average molecular weight is 370 g/mol. The molecule has 0 atom stereocenters. The summed E-state index contributed by atoms with van der Waals surface area (Å²) in [7, 11) is 0. The van der Waals surface area contributed by atoms with Crippen LogP contribution in [0.15, 0.2) is 41.5 Å². The predicted octanol–water partition coefficient (Wildman–Crippen LogP) is 2.85. The van der Waals surface area contributed by atoms with Gasteiger partial charge < -0.3 is 24.8 Å². The van der Waals surface area contributed by atoms with Crippen molar-refractivity contribution in [2.75, 3.05) is 13.3 Å². The average Bonchev–Trinajstić information content (AvgIpc) is 3.12. The van der Waals surface area contributed by atoms with E-state index < -0.39 is 0 Å². The molecule has 0 saturated carbocycles. The summed E-state index contributed by atoms with van der Waals surface area (Å²) in [4.78, 5) is 8.93. The highest BCUT2D eigenvalue weighted by atomic mass is 16.7. The minimum Gasteiger partial charge on any atom is -0.475 e. The molecule has 2 N–H and O–H groups in total. The van der Waals surface area contributed by atoms with Gasteiger partial charge in [0.1, 0.15) is 0 Å². The second-order valence-corrected chi connectivity index (χ2v) is 6.41. The molecule has 0 spiro atoms. The van der Waals surface area contributed by atoms with Crippen molar-refractivity contribution in [1.29, 1.82) is 0 Å². The lowest BCUT2D eigenvalue weighted by Crippen LogP contribution is -2.36. The second-order valence-electron chi connectivity index (χ2n) is 6.41. The van der Waals surface area contributed by atoms with E-state index in [1.54, 1.807) is 6.20 Å². The molecule has 7 heteroatoms. The maximum absolute atomic E-state index is 5.56. The van der Waals surface area contributed by atoms with Crippen molar-refractivity contribution < 1.29 is 14.2 Å². The molecule has 1 aliphatic heterocycles. The summed E-state index contributed by atoms with van der Waals surface area (Å²) in [6, 6.07) is 9.78. The number of fused-ring (bicyclic) bond motifs is 1. The summed E-state index contributed by atoms with van der Waals surface area (Å²) in [5, 5.41) is 6.58. The Balaban J connectivity index is 1.57. The van der Waals surface area contributed by atoms with Crippen LogP contribution in [0.1, 0.15) is 31.9 Å². The van der Waals surface area contributed by atoms with E-state index in [9.17, 15) is 0 Å². The maximum Gasteiger partial charge on any atom is 0.231 e. The van der Waals surface area contributed by atoms with Gasteiger partial charge in [-0.2, -0.15) is 0 Å². The summed E-state index contributed by atoms with van der Waals surface area (Å²) in [5.41, 5.74) is 2.12. The fraction of sp³-hybridized carbons (Fsp3) is 0.400. The van der Waals surface area contributed by atoms with Crippen molar-refractivity contribution in [3.8, 4) is 17.4 Å². The summed E-state index contributed by atoms with van der Waals surface area (Å²) in [6.07, 6.45) is 1.91. The maximum atomic E-state index is 5.56. The lowest BCUT2D eigenvalue weighted by Gasteiger charge is -2.12. The number of nitrogens with zero attached hydrogens (tertiary/aromatic N) is 2. The third-order valence-corrected chi connectivity index (χ3v) is 3.81. The zero-order valence-electron chi connectivity index (χ0n) is 16.0. The molecule has 1 aromatic heterocycles. The zero-order valence-corrected chi connectivity index (χ0v) is 16.0. The molecule has 0 unspecified atom stereocenters. The molecule has 1 aliphatic rings. The predicted molar refractivity (Wildman–Crippen MR) is 104 cm³/mol. The Kier molecular flexibility index (Phi) is 6.35. The number of hydrogen-bond donors (Lipinski definition) is 2. The Morgan fingerprint density at radius 3 is 2.70 bits per heavy atom. The molecule has 27 heavy (non-hydrogen) atoms. The first-order valence-corrected chi connectivity index (χ1v) is 9.16. The SMILES string of the molecule is CCNC(=NCc1ccc(OC(C)C)nc1)NCc1ccc2c(c1)OCO2. The van der Waals surface area contributed by atoms with Crippen LogP contribution in [0.25, 0.3) is 0 Å². The van der Waals surface area contributed by atoms with Crippen LogP contribution in [0.4, 0.5) is 0 Å². The standard InChI is InChI=1S/C20H26N4O3/c1-4-21-20(23-10-15-5-7-17-18(9-15)26-13-25-17)24-12-16-6-8-19(22-11-16)27-14(2)3/h5-9,11,14H,4,10,12-13H2,1-3H3,(H2,21,23,24). The molecule has 2 aromatic rings. The highest BCUT2D eigenvalue weighted by Gasteiger charge is 2.13. The first-order valence-electron chi connectivity index (χ1n) is 9.16. The molecule has 144 valence electrons. The van der Waals surface area contributed by atoms with E-state index >= 15 is 0 Å². The van der Waals surface area contributed by atoms with Gasteiger partial charge in [-0.3, -0.25) is 0 Å². The lowest BCUT2D eigenvalue weighted by molar-refractivity contribution is 0.174. The van der Waals surface area contributed by atoms with E-state index in [1.165, 1.54) is 0 Å². The highest BCUT2D eigenvalue weighted by Crippen LogP contribution is 2.32. The quantitative estimate of drug-likeness (QED) is 0.576. The summed E-state index contributed by atoms with van der Waals surface area (Å²) >= 11 is 0. The number of hydrogen-bond acceptors (Lipinski definition) is 5. The van der Waals surface area contributed by atoms with Crippen LogP contribution < -0.4 is 24.8 Å². The Labute approximate surface area is 159 Å². The van der Waals surface area contributed by atoms with E-state index in [1.807, 2.05) is 51.1 Å². The van der Waals surface area contributed by atoms with Gasteiger partial charge in [0, 0.05) is 25.4 Å². The van der Waals surface area contributed by atoms with Crippen LogP contribution in [-0.4, -0.2) is 30.4 Å². The van der Waals surface area contributed by atoms with Gasteiger partial charge in [0.25, 0.3) is 0 Å². The molecule has 2 heterocycles. The van der Waals surface area contributed by atoms with Crippen molar-refractivity contribution >= 4 is 5.96 Å². The Morgan fingerprint density at radius 1 is 1.15 bits per heavy atom. The molecule has 0 saturated heterocycles. The minimum atomic E-state index is 0.113. The number of rotatable bonds is 7. The lowest BCUT2D eigenvalue weighted by atomic mass is 10.2. The molecule has 0 fully saturated rings. The molecule has 3 rings (SSSR count). The summed E-state index contributed by atoms with van der Waals surface area (Å²) in [6.45, 7) is 8.24. The first-order chi connectivity index (χ1) is 13.1. The van der Waals surface area contributed by atoms with Gasteiger partial charge in [0.05, 0.1) is 12.6 Å². The molecule has 0 radical (unpaired) electrons. The van der Waals surface area contributed by atoms with E-state index in [2.05, 4.69) is 20.6 Å². The van der Waals surface area contributed by atoms with Gasteiger partial charge >= 0.3 is 0 Å². The number of aromatic nitrogens is 1. The molecule has 7 nitrogen and oxygen atoms in total. The topological polar surface area (TPSA) is 77.0 Å². The third-order valence-electron chi connectivity index (χ3n) is 3.81. The van der Waals surface area contributed by atoms with Crippen molar-refractivity contribution in [1.82, 2.24) is 15.6 Å². The zero-order chi connectivity index (χ0) is 19.1. The minimum absolute atomic E-state index is 0.113. The molecule has 0 bridgehead atoms. The van der Waals surface area contributed by atoms with Crippen LogP contribution in [-0.2, 0) is 13.1 Å². The van der Waals surface area contributed by atoms with Gasteiger partial charge in [-0.25, -0.2) is 9.98 Å². The van der Waals surface area contributed by atoms with E-state index in [0.29, 0.717) is 19.0 Å². The monoisotopic (exact) mass is 370 g/mol. The summed E-state index contributed by atoms with van der Waals surface area (Å²) in [5.74, 6) is 2.95. The highest BCUT2D eigenvalue weighted by molar-refractivity contribution is 5.79. The number of guanidine groups is 1. The van der Waals surface area contributed by atoms with Crippen molar-refractivity contribution in [2.24, 2.45) is 4.99 Å². The first kappa shape index (κ1) is 18.8. The van der Waals surface area contributed by atoms with E-state index in [0.717, 1.165) is 35.1 Å². The van der Waals surface area contributed by atoms with Crippen molar-refractivity contribution in [3.63, 3.8) is 0 Å². The Bertz CT molecular complexity index is 775. The smallest absolute Gasteiger partial charge is 0.231 e. The van der Waals surface area contributed by atoms with Gasteiger partial charge in [-0.1, -0.05) is 12.1 Å². The fourth-order valence-corrected chi connectivity index (χ4v) is 2.56. The number of nitrogens with one attached hydrogen (secondary N) is 2. The molecular weight excluding hydrogens is 344 g/mol. The molecular formula is C20H26N4O3. The number of aliphatic imine (C=N–C) groups is 1. The van der Waals surface area contributed by atoms with Crippen LogP contribution in [0, 0.1) is 0 Å². The van der Waals surface area contributed by atoms with E-state index in [-0.39, 0.29) is 12.9 Å². The van der Waals surface area contributed by atoms with Crippen LogP contribution in [0.2, 0.25) is 0 Å². The second kappa shape index (κ2) is 9.12. The van der Waals surface area contributed by atoms with Gasteiger partial charge in [0.2, 0.25) is 12.7 Å². The number of benzene rings is 1. The van der Waals surface area contributed by atoms with Gasteiger partial charge in [-0.05, 0) is 44.0 Å². The van der Waals surface area contributed by atoms with Crippen molar-refractivity contribution in [2.45, 2.75) is 40.0 Å². The third kappa shape index (κ3) is 5.51. The normalized spacial score (nSPS) is 13.0. The molecule has 1 aromatic carbocycles. The Hall–Kier alpha value is -2.96. The van der Waals surface area contributed by atoms with Crippen LogP contribution >= 0.6 is 0 Å². The van der Waals surface area contributed by atoms with Gasteiger partial charge in [0.15, 0.2) is 17.5 Å². The fourth-order valence-electron chi connectivity index (χ4n) is 2.56. The summed E-state index contributed by atoms with van der Waals surface area (Å²) < 4.78 is 16.3. The molecule has 0 amide bonds. The van der Waals surface area contributed by atoms with Crippen molar-refractivity contribution in [3.05, 3.63) is 47.7 Å². The number of ether oxygens (including phenoxy) is 3. The van der Waals surface area contributed by atoms with Crippen LogP contribution in [0.3, 0.4) is 0 Å². The van der Waals surface area contributed by atoms with Gasteiger partial charge in [-0.15, -0.1) is 0 Å². The Morgan fingerprint density at radius 2 is 1.96 bits per heavy atom. The molecule has 0 aliphatic carbocycles. The number of pyridine rings is 1. The van der Waals surface area contributed by atoms with E-state index in [4.69, 9.17) is 14.2 Å². The van der Waals surface area contributed by atoms with Crippen LogP contribution in [0.5, 0.6) is 17.4 Å². The largest absolute Gasteiger partial charge is 0.475 e.